The molecule has 3 aromatic rings. The molecule has 2 fully saturated rings. The fourth-order valence-corrected chi connectivity index (χ4v) is 6.29. The van der Waals surface area contributed by atoms with Gasteiger partial charge >= 0.3 is 0 Å². The molecule has 3 heterocycles. The lowest BCUT2D eigenvalue weighted by Crippen LogP contribution is -2.69. The number of rotatable bonds is 7. The number of nitrogens with zero attached hydrogens (tertiary/aromatic N) is 3. The standard InChI is InChI=1S/C29H34N4O4/c1-29-16-23-22-15-21(37-3)10-11-24(22)30-26(23)27(18-6-4-7-20(34)14-18)33(29)25(35)17-32(28(29)36)13-5-12-31(2)19-8-9-19/h4,6-7,10-11,14-15,19,27,30,34H,5,8-9,12-13,16-17H2,1-3H3/t27-,29+/m1/s1. The minimum atomic E-state index is -1.04. The Kier molecular flexibility index (Phi) is 5.67. The quantitative estimate of drug-likeness (QED) is 0.517. The van der Waals surface area contributed by atoms with Gasteiger partial charge in [-0.3, -0.25) is 9.59 Å². The Morgan fingerprint density at radius 1 is 1.19 bits per heavy atom. The molecule has 2 amide bonds. The summed E-state index contributed by atoms with van der Waals surface area (Å²) < 4.78 is 5.49. The van der Waals surface area contributed by atoms with Crippen molar-refractivity contribution >= 4 is 22.7 Å². The number of amides is 2. The third-order valence-electron chi connectivity index (χ3n) is 8.37. The number of fused-ring (bicyclic) bond motifs is 4. The van der Waals surface area contributed by atoms with Crippen LogP contribution in [-0.2, 0) is 16.0 Å². The van der Waals surface area contributed by atoms with Gasteiger partial charge in [-0.05, 0) is 81.2 Å². The predicted molar refractivity (Wildman–Crippen MR) is 141 cm³/mol. The number of aromatic amines is 1. The van der Waals surface area contributed by atoms with Gasteiger partial charge in [-0.15, -0.1) is 0 Å². The first-order valence-corrected chi connectivity index (χ1v) is 13.1. The smallest absolute Gasteiger partial charge is 0.249 e. The van der Waals surface area contributed by atoms with E-state index in [0.717, 1.165) is 46.4 Å². The second kappa shape index (κ2) is 8.80. The number of hydrogen-bond donors (Lipinski definition) is 2. The van der Waals surface area contributed by atoms with E-state index in [0.29, 0.717) is 19.0 Å². The van der Waals surface area contributed by atoms with Gasteiger partial charge in [-0.25, -0.2) is 0 Å². The zero-order chi connectivity index (χ0) is 25.9. The first-order valence-electron chi connectivity index (χ1n) is 13.1. The van der Waals surface area contributed by atoms with E-state index < -0.39 is 11.6 Å². The van der Waals surface area contributed by atoms with Crippen LogP contribution < -0.4 is 4.74 Å². The van der Waals surface area contributed by atoms with Crippen LogP contribution in [-0.4, -0.2) is 82.0 Å². The number of piperazine rings is 1. The second-order valence-corrected chi connectivity index (χ2v) is 10.9. The summed E-state index contributed by atoms with van der Waals surface area (Å²) in [6.07, 6.45) is 3.75. The summed E-state index contributed by atoms with van der Waals surface area (Å²) in [4.78, 5) is 37.3. The summed E-state index contributed by atoms with van der Waals surface area (Å²) in [6, 6.07) is 13.0. The lowest BCUT2D eigenvalue weighted by molar-refractivity contribution is -0.167. The topological polar surface area (TPSA) is 89.1 Å². The predicted octanol–water partition coefficient (Wildman–Crippen LogP) is 3.44. The van der Waals surface area contributed by atoms with Crippen LogP contribution in [0.3, 0.4) is 0 Å². The summed E-state index contributed by atoms with van der Waals surface area (Å²) in [5, 5.41) is 11.3. The molecule has 3 aliphatic rings. The molecular formula is C29H34N4O4. The highest BCUT2D eigenvalue weighted by molar-refractivity contribution is 6.00. The van der Waals surface area contributed by atoms with Crippen LogP contribution in [0.2, 0.25) is 0 Å². The maximum absolute atomic E-state index is 14.1. The maximum atomic E-state index is 14.1. The van der Waals surface area contributed by atoms with E-state index in [1.807, 2.05) is 31.2 Å². The van der Waals surface area contributed by atoms with Crippen LogP contribution in [0.15, 0.2) is 42.5 Å². The van der Waals surface area contributed by atoms with Crippen molar-refractivity contribution in [1.29, 1.82) is 0 Å². The lowest BCUT2D eigenvalue weighted by atomic mass is 9.78. The molecule has 1 saturated heterocycles. The molecule has 1 aromatic heterocycles. The molecule has 6 rings (SSSR count). The molecule has 2 aliphatic heterocycles. The van der Waals surface area contributed by atoms with E-state index in [1.54, 1.807) is 35.1 Å². The van der Waals surface area contributed by atoms with Gasteiger partial charge in [0.2, 0.25) is 11.8 Å². The fraction of sp³-hybridized carbons (Fsp3) is 0.448. The van der Waals surface area contributed by atoms with Gasteiger partial charge in [-0.2, -0.15) is 0 Å². The van der Waals surface area contributed by atoms with Crippen LogP contribution >= 0.6 is 0 Å². The average molecular weight is 503 g/mol. The van der Waals surface area contributed by atoms with E-state index in [-0.39, 0.29) is 24.1 Å². The number of aromatic hydroxyl groups is 1. The van der Waals surface area contributed by atoms with E-state index in [2.05, 4.69) is 16.9 Å². The third kappa shape index (κ3) is 3.94. The highest BCUT2D eigenvalue weighted by Crippen LogP contribution is 2.47. The van der Waals surface area contributed by atoms with Crippen LogP contribution in [0.4, 0.5) is 0 Å². The minimum absolute atomic E-state index is 0.0192. The van der Waals surface area contributed by atoms with Crippen molar-refractivity contribution in [2.24, 2.45) is 0 Å². The van der Waals surface area contributed by atoms with Gasteiger partial charge in [0.1, 0.15) is 17.0 Å². The molecule has 2 aromatic carbocycles. The lowest BCUT2D eigenvalue weighted by Gasteiger charge is -2.53. The second-order valence-electron chi connectivity index (χ2n) is 10.9. The molecule has 194 valence electrons. The summed E-state index contributed by atoms with van der Waals surface area (Å²) in [6.45, 7) is 3.45. The van der Waals surface area contributed by atoms with E-state index in [4.69, 9.17) is 4.74 Å². The van der Waals surface area contributed by atoms with Crippen molar-refractivity contribution < 1.29 is 19.4 Å². The molecule has 8 nitrogen and oxygen atoms in total. The van der Waals surface area contributed by atoms with Gasteiger partial charge in [0.05, 0.1) is 19.7 Å². The summed E-state index contributed by atoms with van der Waals surface area (Å²) in [5.74, 6) is 0.770. The number of H-pyrrole nitrogens is 1. The minimum Gasteiger partial charge on any atom is -0.508 e. The normalized spacial score (nSPS) is 23.5. The summed E-state index contributed by atoms with van der Waals surface area (Å²) in [7, 11) is 3.78. The number of carbonyl (C=O) groups excluding carboxylic acids is 2. The number of benzene rings is 2. The van der Waals surface area contributed by atoms with Gasteiger partial charge in [0.25, 0.3) is 0 Å². The van der Waals surface area contributed by atoms with Gasteiger partial charge in [-0.1, -0.05) is 12.1 Å². The molecule has 0 spiro atoms. The van der Waals surface area contributed by atoms with Gasteiger partial charge in [0, 0.05) is 35.6 Å². The Hall–Kier alpha value is -3.52. The largest absolute Gasteiger partial charge is 0.508 e. The zero-order valence-corrected chi connectivity index (χ0v) is 21.7. The highest BCUT2D eigenvalue weighted by atomic mass is 16.5. The molecule has 0 bridgehead atoms. The molecule has 1 saturated carbocycles. The van der Waals surface area contributed by atoms with Crippen LogP contribution in [0.5, 0.6) is 11.5 Å². The molecule has 2 N–H and O–H groups in total. The molecule has 1 aliphatic carbocycles. The Morgan fingerprint density at radius 3 is 2.73 bits per heavy atom. The van der Waals surface area contributed by atoms with Crippen LogP contribution in [0.25, 0.3) is 10.9 Å². The van der Waals surface area contributed by atoms with Crippen molar-refractivity contribution in [3.63, 3.8) is 0 Å². The number of phenolic OH excluding ortho intramolecular Hbond substituents is 1. The molecular weight excluding hydrogens is 468 g/mol. The number of methoxy groups -OCH3 is 1. The number of carbonyl (C=O) groups is 2. The Morgan fingerprint density at radius 2 is 2.00 bits per heavy atom. The monoisotopic (exact) mass is 502 g/mol. The van der Waals surface area contributed by atoms with Crippen molar-refractivity contribution in [1.82, 2.24) is 19.7 Å². The Balaban J connectivity index is 1.41. The van der Waals surface area contributed by atoms with Crippen molar-refractivity contribution in [2.75, 3.05) is 33.8 Å². The molecule has 8 heteroatoms. The fourth-order valence-electron chi connectivity index (χ4n) is 6.29. The third-order valence-corrected chi connectivity index (χ3v) is 8.37. The number of hydrogen-bond acceptors (Lipinski definition) is 5. The molecule has 2 atom stereocenters. The van der Waals surface area contributed by atoms with Crippen LogP contribution in [0.1, 0.15) is 49.0 Å². The zero-order valence-electron chi connectivity index (χ0n) is 21.7. The molecule has 37 heavy (non-hydrogen) atoms. The van der Waals surface area contributed by atoms with Gasteiger partial charge in [0.15, 0.2) is 0 Å². The van der Waals surface area contributed by atoms with Gasteiger partial charge < -0.3 is 29.5 Å². The van der Waals surface area contributed by atoms with E-state index in [9.17, 15) is 14.7 Å². The Labute approximate surface area is 216 Å². The van der Waals surface area contributed by atoms with Crippen molar-refractivity contribution in [2.45, 2.75) is 50.2 Å². The number of phenols is 1. The molecule has 0 radical (unpaired) electrons. The Bertz CT molecular complexity index is 1380. The van der Waals surface area contributed by atoms with E-state index in [1.165, 1.54) is 12.8 Å². The first-order chi connectivity index (χ1) is 17.8. The number of aromatic nitrogens is 1. The average Bonchev–Trinajstić information content (AvgIpc) is 3.68. The SMILES string of the molecule is COc1ccc2[nH]c3c(c2c1)C[C@@]1(C)C(=O)N(CCCN(C)C2CC2)CC(=O)N1[C@@H]3c1cccc(O)c1. The summed E-state index contributed by atoms with van der Waals surface area (Å²) >= 11 is 0. The van der Waals surface area contributed by atoms with E-state index >= 15 is 0 Å². The maximum Gasteiger partial charge on any atom is 0.249 e. The van der Waals surface area contributed by atoms with Crippen molar-refractivity contribution in [3.05, 3.63) is 59.3 Å². The van der Waals surface area contributed by atoms with Crippen LogP contribution in [0, 0.1) is 0 Å². The molecule has 0 unspecified atom stereocenters. The first kappa shape index (κ1) is 23.9. The van der Waals surface area contributed by atoms with Crippen molar-refractivity contribution in [3.8, 4) is 11.5 Å². The number of ether oxygens (including phenoxy) is 1. The highest BCUT2D eigenvalue weighted by Gasteiger charge is 2.55. The number of nitrogens with one attached hydrogen (secondary N) is 1. The summed E-state index contributed by atoms with van der Waals surface area (Å²) in [5.41, 5.74) is 2.55.